The first-order chi connectivity index (χ1) is 17.1. The molecule has 8 heteroatoms. The van der Waals surface area contributed by atoms with Crippen molar-refractivity contribution in [3.63, 3.8) is 0 Å². The minimum atomic E-state index is -0.771. The number of ketones is 1. The van der Waals surface area contributed by atoms with Crippen LogP contribution >= 0.6 is 0 Å². The molecule has 0 aromatic heterocycles. The lowest BCUT2D eigenvalue weighted by molar-refractivity contribution is -0.114. The third-order valence-electron chi connectivity index (χ3n) is 5.86. The third kappa shape index (κ3) is 4.65. The second-order valence-corrected chi connectivity index (χ2v) is 8.71. The van der Waals surface area contributed by atoms with Crippen LogP contribution < -0.4 is 10.2 Å². The van der Waals surface area contributed by atoms with Gasteiger partial charge in [-0.3, -0.25) is 19.2 Å². The Morgan fingerprint density at radius 2 is 1.44 bits per heavy atom. The van der Waals surface area contributed by atoms with Crippen molar-refractivity contribution in [2.45, 2.75) is 27.7 Å². The van der Waals surface area contributed by atoms with Gasteiger partial charge in [0.2, 0.25) is 11.7 Å². The number of ether oxygens (including phenoxy) is 1. The van der Waals surface area contributed by atoms with Crippen LogP contribution in [0.2, 0.25) is 0 Å². The van der Waals surface area contributed by atoms with Gasteiger partial charge in [0.1, 0.15) is 0 Å². The van der Waals surface area contributed by atoms with Crippen molar-refractivity contribution >= 4 is 40.8 Å². The Morgan fingerprint density at radius 1 is 0.833 bits per heavy atom. The zero-order valence-corrected chi connectivity index (χ0v) is 20.3. The first-order valence-corrected chi connectivity index (χ1v) is 11.3. The summed E-state index contributed by atoms with van der Waals surface area (Å²) < 4.78 is 5.23. The number of hydrogen-bond acceptors (Lipinski definition) is 6. The maximum Gasteiger partial charge on any atom is 0.338 e. The van der Waals surface area contributed by atoms with Gasteiger partial charge < -0.3 is 10.1 Å². The minimum absolute atomic E-state index is 0.0582. The Labute approximate surface area is 207 Å². The highest BCUT2D eigenvalue weighted by atomic mass is 16.5. The average Bonchev–Trinajstić information content (AvgIpc) is 3.06. The van der Waals surface area contributed by atoms with Crippen LogP contribution in [0.3, 0.4) is 0 Å². The lowest BCUT2D eigenvalue weighted by Crippen LogP contribution is -2.29. The summed E-state index contributed by atoms with van der Waals surface area (Å²) >= 11 is 0. The fourth-order valence-electron chi connectivity index (χ4n) is 4.41. The van der Waals surface area contributed by atoms with Crippen molar-refractivity contribution in [2.24, 2.45) is 0 Å². The van der Waals surface area contributed by atoms with E-state index in [4.69, 9.17) is 4.74 Å². The molecule has 182 valence electrons. The number of nitrogens with one attached hydrogen (secondary N) is 1. The number of benzene rings is 3. The third-order valence-corrected chi connectivity index (χ3v) is 5.86. The highest BCUT2D eigenvalue weighted by Crippen LogP contribution is 2.30. The molecule has 1 aliphatic heterocycles. The van der Waals surface area contributed by atoms with E-state index in [-0.39, 0.29) is 28.4 Å². The molecule has 4 rings (SSSR count). The lowest BCUT2D eigenvalue weighted by Gasteiger charge is -2.14. The predicted octanol–water partition coefficient (Wildman–Crippen LogP) is 4.41. The average molecular weight is 485 g/mol. The van der Waals surface area contributed by atoms with Gasteiger partial charge in [0.15, 0.2) is 6.61 Å². The molecule has 0 spiro atoms. The van der Waals surface area contributed by atoms with Gasteiger partial charge in [-0.05, 0) is 74.4 Å². The second kappa shape index (κ2) is 9.58. The molecular weight excluding hydrogens is 460 g/mol. The number of esters is 1. The normalized spacial score (nSPS) is 12.4. The molecule has 1 heterocycles. The van der Waals surface area contributed by atoms with Gasteiger partial charge in [-0.1, -0.05) is 17.7 Å². The summed E-state index contributed by atoms with van der Waals surface area (Å²) in [4.78, 5) is 63.5. The number of aryl methyl sites for hydroxylation is 3. The second-order valence-electron chi connectivity index (χ2n) is 8.71. The van der Waals surface area contributed by atoms with E-state index in [1.165, 1.54) is 25.1 Å². The van der Waals surface area contributed by atoms with E-state index in [1.807, 2.05) is 32.9 Å². The van der Waals surface area contributed by atoms with Crippen LogP contribution in [-0.2, 0) is 9.53 Å². The summed E-state index contributed by atoms with van der Waals surface area (Å²) in [7, 11) is 0. The molecule has 0 fully saturated rings. The molecule has 0 unspecified atom stereocenters. The Hall–Kier alpha value is -4.59. The van der Waals surface area contributed by atoms with Crippen molar-refractivity contribution in [3.05, 3.63) is 93.5 Å². The van der Waals surface area contributed by atoms with Gasteiger partial charge in [-0.15, -0.1) is 0 Å². The van der Waals surface area contributed by atoms with Crippen molar-refractivity contribution in [1.29, 1.82) is 0 Å². The standard InChI is InChI=1S/C28H24N2O6/c1-15-11-16(2)25(17(3)12-15)24(32)14-36-28(35)19-5-10-22-23(13-19)27(34)30(26(22)33)21-8-6-20(7-9-21)29-18(4)31/h5-13H,14H2,1-4H3,(H,29,31). The summed E-state index contributed by atoms with van der Waals surface area (Å²) in [5.41, 5.74) is 4.30. The molecular formula is C28H24N2O6. The monoisotopic (exact) mass is 484 g/mol. The van der Waals surface area contributed by atoms with Crippen molar-refractivity contribution in [2.75, 3.05) is 16.8 Å². The van der Waals surface area contributed by atoms with Crippen LogP contribution in [0.25, 0.3) is 0 Å². The summed E-state index contributed by atoms with van der Waals surface area (Å²) in [6, 6.07) is 14.1. The lowest BCUT2D eigenvalue weighted by atomic mass is 9.97. The Morgan fingerprint density at radius 3 is 2.06 bits per heavy atom. The Bertz CT molecular complexity index is 1420. The topological polar surface area (TPSA) is 110 Å². The number of fused-ring (bicyclic) bond motifs is 1. The number of Topliss-reactive ketones (excluding diaryl/α,β-unsaturated/α-hetero) is 1. The van der Waals surface area contributed by atoms with Gasteiger partial charge in [0.25, 0.3) is 11.8 Å². The molecule has 0 saturated carbocycles. The van der Waals surface area contributed by atoms with Gasteiger partial charge in [0, 0.05) is 18.2 Å². The fraction of sp³-hybridized carbons (Fsp3) is 0.179. The largest absolute Gasteiger partial charge is 0.454 e. The molecule has 0 aliphatic carbocycles. The molecule has 1 N–H and O–H groups in total. The van der Waals surface area contributed by atoms with Crippen LogP contribution in [0.15, 0.2) is 54.6 Å². The summed E-state index contributed by atoms with van der Waals surface area (Å²) in [6.07, 6.45) is 0. The van der Waals surface area contributed by atoms with E-state index >= 15 is 0 Å². The molecule has 0 radical (unpaired) electrons. The number of carbonyl (C=O) groups excluding carboxylic acids is 5. The van der Waals surface area contributed by atoms with E-state index < -0.39 is 24.4 Å². The van der Waals surface area contributed by atoms with Crippen LogP contribution in [0, 0.1) is 20.8 Å². The van der Waals surface area contributed by atoms with Crippen LogP contribution in [-0.4, -0.2) is 36.1 Å². The van der Waals surface area contributed by atoms with Crippen LogP contribution in [0.5, 0.6) is 0 Å². The molecule has 0 atom stereocenters. The van der Waals surface area contributed by atoms with Gasteiger partial charge in [-0.25, -0.2) is 9.69 Å². The van der Waals surface area contributed by atoms with Crippen molar-refractivity contribution in [1.82, 2.24) is 0 Å². The SMILES string of the molecule is CC(=O)Nc1ccc(N2C(=O)c3ccc(C(=O)OCC(=O)c4c(C)cc(C)cc4C)cc3C2=O)cc1. The number of carbonyl (C=O) groups is 5. The predicted molar refractivity (Wildman–Crippen MR) is 134 cm³/mol. The zero-order chi connectivity index (χ0) is 26.1. The van der Waals surface area contributed by atoms with Crippen molar-refractivity contribution < 1.29 is 28.7 Å². The quantitative estimate of drug-likeness (QED) is 0.315. The van der Waals surface area contributed by atoms with E-state index in [0.717, 1.165) is 21.6 Å². The Balaban J connectivity index is 1.49. The number of nitrogens with zero attached hydrogens (tertiary/aromatic N) is 1. The molecule has 3 aromatic rings. The highest BCUT2D eigenvalue weighted by molar-refractivity contribution is 6.34. The van der Waals surface area contributed by atoms with E-state index in [9.17, 15) is 24.0 Å². The van der Waals surface area contributed by atoms with E-state index in [0.29, 0.717) is 16.9 Å². The first-order valence-electron chi connectivity index (χ1n) is 11.3. The number of hydrogen-bond donors (Lipinski definition) is 1. The maximum absolute atomic E-state index is 13.0. The van der Waals surface area contributed by atoms with Crippen LogP contribution in [0.4, 0.5) is 11.4 Å². The molecule has 8 nitrogen and oxygen atoms in total. The molecule has 0 saturated heterocycles. The Kier molecular flexibility index (Phi) is 6.53. The molecule has 1 aliphatic rings. The van der Waals surface area contributed by atoms with Crippen LogP contribution in [0.1, 0.15) is 65.0 Å². The molecule has 3 amide bonds. The van der Waals surface area contributed by atoms with Gasteiger partial charge >= 0.3 is 5.97 Å². The smallest absolute Gasteiger partial charge is 0.338 e. The number of anilines is 2. The molecule has 36 heavy (non-hydrogen) atoms. The van der Waals surface area contributed by atoms with Crippen molar-refractivity contribution in [3.8, 4) is 0 Å². The number of imide groups is 1. The highest BCUT2D eigenvalue weighted by Gasteiger charge is 2.37. The zero-order valence-electron chi connectivity index (χ0n) is 20.3. The summed E-state index contributed by atoms with van der Waals surface area (Å²) in [5.74, 6) is -2.44. The van der Waals surface area contributed by atoms with E-state index in [2.05, 4.69) is 5.32 Å². The molecule has 3 aromatic carbocycles. The number of rotatable bonds is 6. The first kappa shape index (κ1) is 24.5. The van der Waals surface area contributed by atoms with Gasteiger partial charge in [-0.2, -0.15) is 0 Å². The van der Waals surface area contributed by atoms with Gasteiger partial charge in [0.05, 0.1) is 22.4 Å². The summed E-state index contributed by atoms with van der Waals surface area (Å²) in [5, 5.41) is 2.62. The molecule has 0 bridgehead atoms. The summed E-state index contributed by atoms with van der Waals surface area (Å²) in [6.45, 7) is 6.53. The fourth-order valence-corrected chi connectivity index (χ4v) is 4.41. The minimum Gasteiger partial charge on any atom is -0.454 e. The van der Waals surface area contributed by atoms with E-state index in [1.54, 1.807) is 24.3 Å². The number of amides is 3. The maximum atomic E-state index is 13.0.